The third-order valence-electron chi connectivity index (χ3n) is 2.28. The van der Waals surface area contributed by atoms with Gasteiger partial charge in [0, 0.05) is 18.7 Å². The van der Waals surface area contributed by atoms with Crippen LogP contribution in [0.15, 0.2) is 18.2 Å². The summed E-state index contributed by atoms with van der Waals surface area (Å²) >= 11 is 0. The van der Waals surface area contributed by atoms with Gasteiger partial charge in [0.05, 0.1) is 6.42 Å². The number of nitrogens with one attached hydrogen (secondary N) is 1. The van der Waals surface area contributed by atoms with Gasteiger partial charge >= 0.3 is 6.18 Å². The maximum atomic E-state index is 11.9. The van der Waals surface area contributed by atoms with Gasteiger partial charge in [-0.1, -0.05) is 0 Å². The highest BCUT2D eigenvalue weighted by Gasteiger charge is 2.26. The Morgan fingerprint density at radius 3 is 2.18 bits per heavy atom. The van der Waals surface area contributed by atoms with Gasteiger partial charge in [0.15, 0.2) is 0 Å². The first-order valence-corrected chi connectivity index (χ1v) is 5.11. The molecule has 0 saturated carbocycles. The third-order valence-corrected chi connectivity index (χ3v) is 2.28. The molecule has 1 atom stereocenters. The SMILES string of the molecule is CC(NCCC(F)(F)F)c1cc(O)cc(O)c1. The fourth-order valence-corrected chi connectivity index (χ4v) is 1.42. The highest BCUT2D eigenvalue weighted by Crippen LogP contribution is 2.25. The lowest BCUT2D eigenvalue weighted by molar-refractivity contribution is -0.133. The number of phenolic OH excluding ortho intramolecular Hbond substituents is 2. The van der Waals surface area contributed by atoms with E-state index < -0.39 is 12.6 Å². The lowest BCUT2D eigenvalue weighted by atomic mass is 10.1. The predicted molar refractivity (Wildman–Crippen MR) is 56.9 cm³/mol. The van der Waals surface area contributed by atoms with E-state index in [4.69, 9.17) is 0 Å². The summed E-state index contributed by atoms with van der Waals surface area (Å²) in [6, 6.07) is 3.57. The first kappa shape index (κ1) is 13.6. The molecule has 1 aromatic carbocycles. The molecule has 0 aromatic heterocycles. The van der Waals surface area contributed by atoms with Crippen LogP contribution in [-0.2, 0) is 0 Å². The van der Waals surface area contributed by atoms with E-state index in [0.29, 0.717) is 5.56 Å². The van der Waals surface area contributed by atoms with Gasteiger partial charge in [-0.05, 0) is 24.6 Å². The van der Waals surface area contributed by atoms with Gasteiger partial charge in [0.25, 0.3) is 0 Å². The summed E-state index contributed by atoms with van der Waals surface area (Å²) in [5.74, 6) is -0.242. The summed E-state index contributed by atoms with van der Waals surface area (Å²) in [6.07, 6.45) is -5.10. The maximum absolute atomic E-state index is 11.9. The van der Waals surface area contributed by atoms with Crippen LogP contribution in [0.1, 0.15) is 24.9 Å². The molecular formula is C11H14F3NO2. The van der Waals surface area contributed by atoms with Crippen molar-refractivity contribution in [2.75, 3.05) is 6.54 Å². The van der Waals surface area contributed by atoms with E-state index in [0.717, 1.165) is 6.07 Å². The molecule has 0 amide bonds. The second-order valence-corrected chi connectivity index (χ2v) is 3.82. The molecule has 1 rings (SSSR count). The molecule has 0 bridgehead atoms. The smallest absolute Gasteiger partial charge is 0.390 e. The van der Waals surface area contributed by atoms with Crippen LogP contribution in [0.3, 0.4) is 0 Å². The molecule has 6 heteroatoms. The molecule has 3 N–H and O–H groups in total. The average Bonchev–Trinajstić information content (AvgIpc) is 2.13. The standard InChI is InChI=1S/C11H14F3NO2/c1-7(15-3-2-11(12,13)14)8-4-9(16)6-10(17)5-8/h4-7,15-17H,2-3H2,1H3. The number of alkyl halides is 3. The molecular weight excluding hydrogens is 235 g/mol. The minimum atomic E-state index is -4.19. The highest BCUT2D eigenvalue weighted by molar-refractivity contribution is 5.37. The van der Waals surface area contributed by atoms with Gasteiger partial charge in [-0.25, -0.2) is 0 Å². The molecule has 0 spiro atoms. The fourth-order valence-electron chi connectivity index (χ4n) is 1.42. The Labute approximate surface area is 96.9 Å². The van der Waals surface area contributed by atoms with Crippen molar-refractivity contribution in [1.29, 1.82) is 0 Å². The molecule has 0 radical (unpaired) electrons. The molecule has 17 heavy (non-hydrogen) atoms. The van der Waals surface area contributed by atoms with Crippen LogP contribution in [0.4, 0.5) is 13.2 Å². The van der Waals surface area contributed by atoms with Crippen LogP contribution in [0.25, 0.3) is 0 Å². The minimum Gasteiger partial charge on any atom is -0.508 e. The van der Waals surface area contributed by atoms with Crippen LogP contribution in [-0.4, -0.2) is 22.9 Å². The molecule has 0 saturated heterocycles. The van der Waals surface area contributed by atoms with Crippen molar-refractivity contribution in [2.45, 2.75) is 25.6 Å². The number of hydrogen-bond acceptors (Lipinski definition) is 3. The average molecular weight is 249 g/mol. The minimum absolute atomic E-state index is 0.121. The number of phenols is 2. The summed E-state index contributed by atoms with van der Waals surface area (Å²) in [5, 5.41) is 21.1. The Morgan fingerprint density at radius 1 is 1.18 bits per heavy atom. The molecule has 0 fully saturated rings. The largest absolute Gasteiger partial charge is 0.508 e. The van der Waals surface area contributed by atoms with E-state index >= 15 is 0 Å². The van der Waals surface area contributed by atoms with E-state index in [9.17, 15) is 23.4 Å². The Hall–Kier alpha value is -1.43. The zero-order valence-electron chi connectivity index (χ0n) is 9.25. The maximum Gasteiger partial charge on any atom is 0.390 e. The third kappa shape index (κ3) is 4.95. The monoisotopic (exact) mass is 249 g/mol. The number of benzene rings is 1. The summed E-state index contributed by atoms with van der Waals surface area (Å²) in [7, 11) is 0. The van der Waals surface area contributed by atoms with Gasteiger partial charge in [0.1, 0.15) is 11.5 Å². The number of rotatable bonds is 4. The fraction of sp³-hybridized carbons (Fsp3) is 0.455. The van der Waals surface area contributed by atoms with Crippen LogP contribution >= 0.6 is 0 Å². The van der Waals surface area contributed by atoms with E-state index in [1.54, 1.807) is 6.92 Å². The number of halogens is 3. The first-order chi connectivity index (χ1) is 7.78. The Balaban J connectivity index is 2.55. The van der Waals surface area contributed by atoms with E-state index in [-0.39, 0.29) is 24.1 Å². The van der Waals surface area contributed by atoms with Gasteiger partial charge in [-0.2, -0.15) is 13.2 Å². The first-order valence-electron chi connectivity index (χ1n) is 5.11. The molecule has 1 unspecified atom stereocenters. The molecule has 1 aromatic rings. The topological polar surface area (TPSA) is 52.5 Å². The normalized spacial score (nSPS) is 13.6. The van der Waals surface area contributed by atoms with Gasteiger partial charge < -0.3 is 15.5 Å². The Morgan fingerprint density at radius 2 is 1.71 bits per heavy atom. The second kappa shape index (κ2) is 5.27. The summed E-state index contributed by atoms with van der Waals surface area (Å²) in [6.45, 7) is 1.45. The van der Waals surface area contributed by atoms with Crippen molar-refractivity contribution in [3.8, 4) is 11.5 Å². The highest BCUT2D eigenvalue weighted by atomic mass is 19.4. The van der Waals surface area contributed by atoms with Crippen molar-refractivity contribution < 1.29 is 23.4 Å². The van der Waals surface area contributed by atoms with Crippen molar-refractivity contribution in [1.82, 2.24) is 5.32 Å². The van der Waals surface area contributed by atoms with Crippen LogP contribution in [0, 0.1) is 0 Å². The Bertz CT molecular complexity index is 359. The Kier molecular flexibility index (Phi) is 4.22. The zero-order chi connectivity index (χ0) is 13.1. The van der Waals surface area contributed by atoms with Crippen molar-refractivity contribution >= 4 is 0 Å². The van der Waals surface area contributed by atoms with Crippen LogP contribution in [0.2, 0.25) is 0 Å². The van der Waals surface area contributed by atoms with Gasteiger partial charge in [-0.15, -0.1) is 0 Å². The lowest BCUT2D eigenvalue weighted by Crippen LogP contribution is -2.24. The summed E-state index contributed by atoms with van der Waals surface area (Å²) in [5.41, 5.74) is 0.532. The summed E-state index contributed by atoms with van der Waals surface area (Å²) < 4.78 is 35.8. The molecule has 96 valence electrons. The lowest BCUT2D eigenvalue weighted by Gasteiger charge is -2.15. The van der Waals surface area contributed by atoms with Crippen molar-refractivity contribution in [3.63, 3.8) is 0 Å². The van der Waals surface area contributed by atoms with Crippen LogP contribution in [0.5, 0.6) is 11.5 Å². The van der Waals surface area contributed by atoms with Crippen molar-refractivity contribution in [2.24, 2.45) is 0 Å². The molecule has 0 aliphatic heterocycles. The van der Waals surface area contributed by atoms with E-state index in [1.807, 2.05) is 0 Å². The zero-order valence-corrected chi connectivity index (χ0v) is 9.25. The van der Waals surface area contributed by atoms with Gasteiger partial charge in [-0.3, -0.25) is 0 Å². The number of aromatic hydroxyl groups is 2. The second-order valence-electron chi connectivity index (χ2n) is 3.82. The predicted octanol–water partition coefficient (Wildman–Crippen LogP) is 2.70. The molecule has 3 nitrogen and oxygen atoms in total. The molecule has 0 aliphatic carbocycles. The molecule has 0 aliphatic rings. The van der Waals surface area contributed by atoms with Gasteiger partial charge in [0.2, 0.25) is 0 Å². The van der Waals surface area contributed by atoms with Crippen LogP contribution < -0.4 is 5.32 Å². The number of hydrogen-bond donors (Lipinski definition) is 3. The van der Waals surface area contributed by atoms with E-state index in [1.165, 1.54) is 12.1 Å². The molecule has 0 heterocycles. The summed E-state index contributed by atoms with van der Waals surface area (Å²) in [4.78, 5) is 0. The quantitative estimate of drug-likeness (QED) is 0.769. The van der Waals surface area contributed by atoms with Crippen molar-refractivity contribution in [3.05, 3.63) is 23.8 Å². The van der Waals surface area contributed by atoms with E-state index in [2.05, 4.69) is 5.32 Å².